The lowest BCUT2D eigenvalue weighted by Crippen LogP contribution is -2.33. The molecule has 2 atom stereocenters. The maximum Gasteiger partial charge on any atom is 0.309 e. The summed E-state index contributed by atoms with van der Waals surface area (Å²) in [6.07, 6.45) is -0.912. The zero-order valence-corrected chi connectivity index (χ0v) is 8.57. The number of ether oxygens (including phenoxy) is 1. The van der Waals surface area contributed by atoms with Gasteiger partial charge >= 0.3 is 5.97 Å². The van der Waals surface area contributed by atoms with E-state index >= 15 is 0 Å². The number of alkyl halides is 1. The van der Waals surface area contributed by atoms with E-state index in [1.54, 1.807) is 12.1 Å². The average Bonchev–Trinajstić information content (AvgIpc) is 2.56. The molecule has 0 bridgehead atoms. The molecule has 0 N–H and O–H groups in total. The van der Waals surface area contributed by atoms with Crippen LogP contribution in [0.25, 0.3) is 0 Å². The molecule has 0 unspecified atom stereocenters. The van der Waals surface area contributed by atoms with Crippen molar-refractivity contribution in [1.29, 1.82) is 0 Å². The lowest BCUT2D eigenvalue weighted by molar-refractivity contribution is -0.151. The van der Waals surface area contributed by atoms with Gasteiger partial charge in [-0.15, -0.1) is 0 Å². The van der Waals surface area contributed by atoms with E-state index in [0.717, 1.165) is 5.56 Å². The summed E-state index contributed by atoms with van der Waals surface area (Å²) in [4.78, 5) is 11.1. The number of hydrogen-bond acceptors (Lipinski definition) is 2. The van der Waals surface area contributed by atoms with Crippen LogP contribution in [-0.2, 0) is 15.1 Å². The van der Waals surface area contributed by atoms with Gasteiger partial charge in [0.1, 0.15) is 0 Å². The highest BCUT2D eigenvalue weighted by Crippen LogP contribution is 2.41. The first-order chi connectivity index (χ1) is 7.19. The average molecular weight is 208 g/mol. The van der Waals surface area contributed by atoms with E-state index in [0.29, 0.717) is 6.42 Å². The normalized spacial score (nSPS) is 30.3. The molecule has 0 radical (unpaired) electrons. The van der Waals surface area contributed by atoms with Crippen LogP contribution in [0.4, 0.5) is 4.39 Å². The molecule has 1 aromatic carbocycles. The van der Waals surface area contributed by atoms with Gasteiger partial charge in [0.25, 0.3) is 0 Å². The van der Waals surface area contributed by atoms with Gasteiger partial charge in [-0.1, -0.05) is 37.3 Å². The van der Waals surface area contributed by atoms with Crippen LogP contribution in [0.3, 0.4) is 0 Å². The molecule has 15 heavy (non-hydrogen) atoms. The van der Waals surface area contributed by atoms with Crippen LogP contribution >= 0.6 is 0 Å². The first-order valence-corrected chi connectivity index (χ1v) is 5.10. The molecule has 1 saturated heterocycles. The van der Waals surface area contributed by atoms with Gasteiger partial charge in [-0.05, 0) is 12.0 Å². The molecule has 0 saturated carbocycles. The van der Waals surface area contributed by atoms with E-state index in [9.17, 15) is 9.18 Å². The highest BCUT2D eigenvalue weighted by molar-refractivity contribution is 5.74. The third-order valence-corrected chi connectivity index (χ3v) is 2.94. The van der Waals surface area contributed by atoms with E-state index in [2.05, 4.69) is 0 Å². The molecule has 1 aromatic rings. The monoisotopic (exact) mass is 208 g/mol. The summed E-state index contributed by atoms with van der Waals surface area (Å²) in [5.74, 6) is -0.451. The topological polar surface area (TPSA) is 26.3 Å². The van der Waals surface area contributed by atoms with Gasteiger partial charge in [0.15, 0.2) is 11.8 Å². The zero-order valence-electron chi connectivity index (χ0n) is 8.57. The quantitative estimate of drug-likeness (QED) is 0.698. The third-order valence-electron chi connectivity index (χ3n) is 2.94. The summed E-state index contributed by atoms with van der Waals surface area (Å²) < 4.78 is 19.0. The van der Waals surface area contributed by atoms with Crippen molar-refractivity contribution >= 4 is 5.97 Å². The van der Waals surface area contributed by atoms with Crippen molar-refractivity contribution in [3.8, 4) is 0 Å². The fourth-order valence-corrected chi connectivity index (χ4v) is 2.08. The fraction of sp³-hybridized carbons (Fsp3) is 0.417. The summed E-state index contributed by atoms with van der Waals surface area (Å²) >= 11 is 0. The number of cyclic esters (lactones) is 1. The first-order valence-electron chi connectivity index (χ1n) is 5.10. The van der Waals surface area contributed by atoms with Gasteiger partial charge < -0.3 is 4.74 Å². The minimum absolute atomic E-state index is 0.136. The van der Waals surface area contributed by atoms with E-state index in [-0.39, 0.29) is 6.42 Å². The Kier molecular flexibility index (Phi) is 2.47. The molecule has 1 aliphatic rings. The molecule has 1 heterocycles. The van der Waals surface area contributed by atoms with E-state index in [1.165, 1.54) is 0 Å². The zero-order chi connectivity index (χ0) is 10.9. The van der Waals surface area contributed by atoms with Gasteiger partial charge in [-0.25, -0.2) is 4.39 Å². The van der Waals surface area contributed by atoms with Crippen LogP contribution in [0.5, 0.6) is 0 Å². The van der Waals surface area contributed by atoms with Crippen molar-refractivity contribution in [3.05, 3.63) is 35.9 Å². The second-order valence-corrected chi connectivity index (χ2v) is 3.75. The number of benzene rings is 1. The smallest absolute Gasteiger partial charge is 0.309 e. The van der Waals surface area contributed by atoms with Gasteiger partial charge in [0.05, 0.1) is 6.42 Å². The van der Waals surface area contributed by atoms with Crippen LogP contribution in [0.2, 0.25) is 0 Å². The minimum atomic E-state index is -1.24. The molecule has 2 nitrogen and oxygen atoms in total. The lowest BCUT2D eigenvalue weighted by Gasteiger charge is -2.28. The molecule has 0 aromatic heterocycles. The Morgan fingerprint density at radius 3 is 2.60 bits per heavy atom. The number of rotatable bonds is 2. The Morgan fingerprint density at radius 2 is 2.13 bits per heavy atom. The Bertz CT molecular complexity index is 363. The van der Waals surface area contributed by atoms with Gasteiger partial charge in [-0.3, -0.25) is 4.79 Å². The first kappa shape index (κ1) is 10.1. The second-order valence-electron chi connectivity index (χ2n) is 3.75. The summed E-state index contributed by atoms with van der Waals surface area (Å²) in [6, 6.07) is 9.11. The Balaban J connectivity index is 2.42. The highest BCUT2D eigenvalue weighted by atomic mass is 19.1. The van der Waals surface area contributed by atoms with Gasteiger partial charge in [-0.2, -0.15) is 0 Å². The third kappa shape index (κ3) is 1.52. The summed E-state index contributed by atoms with van der Waals surface area (Å²) in [6.45, 7) is 1.83. The van der Waals surface area contributed by atoms with Crippen LogP contribution in [0, 0.1) is 0 Å². The van der Waals surface area contributed by atoms with Crippen LogP contribution in [0.15, 0.2) is 30.3 Å². The highest BCUT2D eigenvalue weighted by Gasteiger charge is 2.49. The van der Waals surface area contributed by atoms with E-state index in [4.69, 9.17) is 4.74 Å². The Hall–Kier alpha value is -1.38. The predicted molar refractivity (Wildman–Crippen MR) is 54.0 cm³/mol. The van der Waals surface area contributed by atoms with Crippen LogP contribution < -0.4 is 0 Å². The number of esters is 1. The van der Waals surface area contributed by atoms with Crippen molar-refractivity contribution in [1.82, 2.24) is 0 Å². The molecule has 80 valence electrons. The summed E-state index contributed by atoms with van der Waals surface area (Å²) in [5, 5.41) is 0. The van der Waals surface area contributed by atoms with Crippen molar-refractivity contribution in [2.75, 3.05) is 0 Å². The Morgan fingerprint density at radius 1 is 1.47 bits per heavy atom. The van der Waals surface area contributed by atoms with Gasteiger partial charge in [0, 0.05) is 0 Å². The van der Waals surface area contributed by atoms with E-state index in [1.807, 2.05) is 25.1 Å². The molecule has 2 rings (SSSR count). The predicted octanol–water partition coefficient (Wildman–Crippen LogP) is 2.58. The largest absolute Gasteiger partial charge is 0.451 e. The maximum absolute atomic E-state index is 13.8. The minimum Gasteiger partial charge on any atom is -0.451 e. The standard InChI is InChI=1S/C12H13FO2/c1-2-12(9-6-4-3-5-7-9)10(13)8-11(14)15-12/h3-7,10H,2,8H2,1H3/t10-,12+/m0/s1. The molecule has 0 aliphatic carbocycles. The van der Waals surface area contributed by atoms with Crippen LogP contribution in [0.1, 0.15) is 25.3 Å². The number of carbonyl (C=O) groups is 1. The summed E-state index contributed by atoms with van der Waals surface area (Å²) in [5.41, 5.74) is -0.316. The second kappa shape index (κ2) is 3.65. The van der Waals surface area contributed by atoms with Crippen molar-refractivity contribution < 1.29 is 13.9 Å². The molecule has 1 fully saturated rings. The van der Waals surface area contributed by atoms with Crippen LogP contribution in [-0.4, -0.2) is 12.1 Å². The van der Waals surface area contributed by atoms with Crippen molar-refractivity contribution in [2.45, 2.75) is 31.5 Å². The number of carbonyl (C=O) groups excluding carboxylic acids is 1. The molecular weight excluding hydrogens is 195 g/mol. The fourth-order valence-electron chi connectivity index (χ4n) is 2.08. The molecular formula is C12H13FO2. The summed E-state index contributed by atoms with van der Waals surface area (Å²) in [7, 11) is 0. The Labute approximate surface area is 88.1 Å². The maximum atomic E-state index is 13.8. The number of hydrogen-bond donors (Lipinski definition) is 0. The molecule has 0 spiro atoms. The van der Waals surface area contributed by atoms with Gasteiger partial charge in [0.2, 0.25) is 0 Å². The van der Waals surface area contributed by atoms with Crippen molar-refractivity contribution in [2.24, 2.45) is 0 Å². The molecule has 1 aliphatic heterocycles. The SMILES string of the molecule is CC[C@]1(c2ccccc2)OC(=O)C[C@@H]1F. The molecule has 3 heteroatoms. The van der Waals surface area contributed by atoms with Crippen molar-refractivity contribution in [3.63, 3.8) is 0 Å². The molecule has 0 amide bonds. The van der Waals surface area contributed by atoms with E-state index < -0.39 is 17.7 Å². The lowest BCUT2D eigenvalue weighted by atomic mass is 9.87. The number of halogens is 1.